The van der Waals surface area contributed by atoms with E-state index >= 15 is 0 Å². The number of nitrogens with zero attached hydrogens (tertiary/aromatic N) is 8. The number of hydrogen-bond acceptors (Lipinski definition) is 8. The number of aromatic nitrogens is 8. The van der Waals surface area contributed by atoms with Crippen molar-refractivity contribution in [3.8, 4) is 33.8 Å². The number of fused-ring (bicyclic) bond motifs is 5. The lowest BCUT2D eigenvalue weighted by atomic mass is 9.97. The van der Waals surface area contributed by atoms with E-state index in [0.717, 1.165) is 66.7 Å². The second kappa shape index (κ2) is 11.1. The molecule has 14 heteroatoms. The average Bonchev–Trinajstić information content (AvgIpc) is 3.82. The average molecular weight is 677 g/mol. The van der Waals surface area contributed by atoms with Gasteiger partial charge < -0.3 is 14.2 Å². The quantitative estimate of drug-likeness (QED) is 0.193. The number of halogens is 3. The maximum absolute atomic E-state index is 13.5. The van der Waals surface area contributed by atoms with Crippen LogP contribution in [0.25, 0.3) is 44.1 Å². The summed E-state index contributed by atoms with van der Waals surface area (Å²) in [5, 5.41) is 24.3. The molecular formula is C36H31F3N10O. The third-order valence-corrected chi connectivity index (χ3v) is 9.76. The molecule has 252 valence electrons. The Morgan fingerprint density at radius 1 is 0.780 bits per heavy atom. The highest BCUT2D eigenvalue weighted by atomic mass is 19.4. The molecule has 2 N–H and O–H groups in total. The minimum Gasteiger partial charge on any atom is -0.451 e. The fourth-order valence-corrected chi connectivity index (χ4v) is 7.08. The summed E-state index contributed by atoms with van der Waals surface area (Å²) in [7, 11) is 0. The van der Waals surface area contributed by atoms with Crippen LogP contribution < -0.4 is 9.64 Å². The molecule has 0 aliphatic carbocycles. The first-order valence-electron chi connectivity index (χ1n) is 16.3. The van der Waals surface area contributed by atoms with Gasteiger partial charge in [-0.05, 0) is 85.5 Å². The number of aromatic amines is 2. The first-order chi connectivity index (χ1) is 24.1. The molecule has 7 aromatic rings. The predicted octanol–water partition coefficient (Wildman–Crippen LogP) is 7.46. The summed E-state index contributed by atoms with van der Waals surface area (Å²) >= 11 is 0. The summed E-state index contributed by atoms with van der Waals surface area (Å²) in [6.45, 7) is 8.04. The van der Waals surface area contributed by atoms with Crippen LogP contribution in [-0.4, -0.2) is 64.7 Å². The van der Waals surface area contributed by atoms with E-state index in [0.29, 0.717) is 42.8 Å². The third-order valence-electron chi connectivity index (χ3n) is 9.76. The van der Waals surface area contributed by atoms with Crippen LogP contribution >= 0.6 is 0 Å². The van der Waals surface area contributed by atoms with Crippen molar-refractivity contribution in [1.82, 2.24) is 45.0 Å². The molecule has 2 aliphatic heterocycles. The summed E-state index contributed by atoms with van der Waals surface area (Å²) in [4.78, 5) is 9.18. The summed E-state index contributed by atoms with van der Waals surface area (Å²) in [6.07, 6.45) is -2.69. The van der Waals surface area contributed by atoms with Crippen LogP contribution in [0, 0.1) is 20.8 Å². The van der Waals surface area contributed by atoms with Gasteiger partial charge in [0.25, 0.3) is 0 Å². The number of H-pyrrole nitrogens is 2. The van der Waals surface area contributed by atoms with E-state index in [4.69, 9.17) is 9.72 Å². The van der Waals surface area contributed by atoms with Crippen LogP contribution in [0.2, 0.25) is 0 Å². The summed E-state index contributed by atoms with van der Waals surface area (Å²) in [5.41, 5.74) is 9.70. The lowest BCUT2D eigenvalue weighted by Gasteiger charge is -2.35. The van der Waals surface area contributed by atoms with E-state index in [9.17, 15) is 13.2 Å². The van der Waals surface area contributed by atoms with E-state index in [-0.39, 0.29) is 13.1 Å². The Balaban J connectivity index is 1.08. The molecule has 0 unspecified atom stereocenters. The van der Waals surface area contributed by atoms with Crippen LogP contribution in [0.5, 0.6) is 11.5 Å². The SMILES string of the molecule is Cc1cc2c(cc1-c1ccc3n[nH]c(C)c3c1)Oc1cc(-c3ccc4n[nH]c(C)c4c3)cnc1N2CCN1CCn2c(nnc2C(F)(F)F)C1. The van der Waals surface area contributed by atoms with Gasteiger partial charge in [-0.2, -0.15) is 23.4 Å². The van der Waals surface area contributed by atoms with Gasteiger partial charge >= 0.3 is 6.18 Å². The predicted molar refractivity (Wildman–Crippen MR) is 182 cm³/mol. The number of benzene rings is 3. The molecule has 11 nitrogen and oxygen atoms in total. The zero-order chi connectivity index (χ0) is 34.3. The zero-order valence-corrected chi connectivity index (χ0v) is 27.4. The monoisotopic (exact) mass is 676 g/mol. The van der Waals surface area contributed by atoms with Gasteiger partial charge in [-0.15, -0.1) is 10.2 Å². The van der Waals surface area contributed by atoms with Crippen LogP contribution in [0.4, 0.5) is 24.7 Å². The van der Waals surface area contributed by atoms with E-state index in [1.165, 1.54) is 4.57 Å². The van der Waals surface area contributed by atoms with E-state index in [1.807, 2.05) is 44.3 Å². The molecule has 50 heavy (non-hydrogen) atoms. The molecule has 0 radical (unpaired) electrons. The van der Waals surface area contributed by atoms with Gasteiger partial charge in [0.1, 0.15) is 5.82 Å². The fourth-order valence-electron chi connectivity index (χ4n) is 7.08. The number of rotatable bonds is 5. The van der Waals surface area contributed by atoms with Gasteiger partial charge in [0.2, 0.25) is 5.82 Å². The Kier molecular flexibility index (Phi) is 6.75. The standard InChI is InChI=1S/C36H31F3N10O/c1-19-12-30-31(16-25(19)23-5-7-29-27(14-23)21(3)42-44-29)50-32-15-24(22-4-6-28-26(13-22)20(2)41-43-28)17-40-34(32)48(30)10-8-47-9-11-49-33(18-47)45-46-35(49)36(37,38)39/h4-7,12-17H,8-11,18H2,1-3H3,(H,41,43)(H,42,44). The molecule has 6 heterocycles. The molecule has 0 saturated heterocycles. The van der Waals surface area contributed by atoms with Crippen molar-refractivity contribution >= 4 is 33.3 Å². The number of nitrogens with one attached hydrogen (secondary N) is 2. The van der Waals surface area contributed by atoms with Crippen LogP contribution in [0.15, 0.2) is 60.8 Å². The molecule has 0 bridgehead atoms. The van der Waals surface area contributed by atoms with Crippen molar-refractivity contribution in [2.45, 2.75) is 40.0 Å². The van der Waals surface area contributed by atoms with Gasteiger partial charge in [0, 0.05) is 60.1 Å². The number of alkyl halides is 3. The second-order valence-electron chi connectivity index (χ2n) is 13.0. The number of hydrogen-bond donors (Lipinski definition) is 2. The molecule has 0 spiro atoms. The Hall–Kier alpha value is -5.76. The van der Waals surface area contributed by atoms with Crippen LogP contribution in [-0.2, 0) is 19.3 Å². The van der Waals surface area contributed by atoms with Crippen LogP contribution in [0.3, 0.4) is 0 Å². The molecule has 9 rings (SSSR count). The molecule has 0 saturated carbocycles. The smallest absolute Gasteiger partial charge is 0.451 e. The van der Waals surface area contributed by atoms with Crippen molar-refractivity contribution in [3.63, 3.8) is 0 Å². The van der Waals surface area contributed by atoms with E-state index in [2.05, 4.69) is 77.6 Å². The molecule has 2 aliphatic rings. The van der Waals surface area contributed by atoms with Crippen LogP contribution in [0.1, 0.15) is 28.6 Å². The molecular weight excluding hydrogens is 645 g/mol. The number of pyridine rings is 1. The normalized spacial score (nSPS) is 14.6. The maximum atomic E-state index is 13.5. The number of ether oxygens (including phenoxy) is 1. The van der Waals surface area contributed by atoms with Gasteiger partial charge in [0.05, 0.1) is 23.3 Å². The lowest BCUT2D eigenvalue weighted by molar-refractivity contribution is -0.148. The molecule has 4 aromatic heterocycles. The van der Waals surface area contributed by atoms with Crippen molar-refractivity contribution in [1.29, 1.82) is 0 Å². The van der Waals surface area contributed by atoms with Crippen molar-refractivity contribution in [3.05, 3.63) is 89.4 Å². The maximum Gasteiger partial charge on any atom is 0.451 e. The van der Waals surface area contributed by atoms with Gasteiger partial charge in [-0.3, -0.25) is 15.1 Å². The molecule has 0 fully saturated rings. The minimum absolute atomic E-state index is 0.165. The molecule has 0 atom stereocenters. The largest absolute Gasteiger partial charge is 0.451 e. The Morgan fingerprint density at radius 3 is 2.24 bits per heavy atom. The highest BCUT2D eigenvalue weighted by Crippen LogP contribution is 2.49. The van der Waals surface area contributed by atoms with Gasteiger partial charge in [-0.1, -0.05) is 12.1 Å². The van der Waals surface area contributed by atoms with Crippen molar-refractivity contribution < 1.29 is 17.9 Å². The van der Waals surface area contributed by atoms with E-state index < -0.39 is 12.0 Å². The Labute approximate surface area is 283 Å². The first kappa shape index (κ1) is 30.3. The Morgan fingerprint density at radius 2 is 1.50 bits per heavy atom. The van der Waals surface area contributed by atoms with Gasteiger partial charge in [-0.25, -0.2) is 4.98 Å². The summed E-state index contributed by atoms with van der Waals surface area (Å²) in [6, 6.07) is 18.5. The minimum atomic E-state index is -4.54. The summed E-state index contributed by atoms with van der Waals surface area (Å²) < 4.78 is 48.2. The van der Waals surface area contributed by atoms with Crippen molar-refractivity contribution in [2.75, 3.05) is 24.5 Å². The van der Waals surface area contributed by atoms with E-state index in [1.54, 1.807) is 0 Å². The fraction of sp³-hybridized carbons (Fsp3) is 0.250. The molecule has 3 aromatic carbocycles. The lowest BCUT2D eigenvalue weighted by Crippen LogP contribution is -2.40. The zero-order valence-electron chi connectivity index (χ0n) is 27.4. The number of anilines is 2. The summed E-state index contributed by atoms with van der Waals surface area (Å²) in [5.74, 6) is 1.34. The van der Waals surface area contributed by atoms with Crippen molar-refractivity contribution in [2.24, 2.45) is 0 Å². The first-order valence-corrected chi connectivity index (χ1v) is 16.3. The van der Waals surface area contributed by atoms with Gasteiger partial charge in [0.15, 0.2) is 17.3 Å². The number of aryl methyl sites for hydroxylation is 3. The highest BCUT2D eigenvalue weighted by molar-refractivity contribution is 5.90. The second-order valence-corrected chi connectivity index (χ2v) is 13.0. The highest BCUT2D eigenvalue weighted by Gasteiger charge is 2.39. The topological polar surface area (TPSA) is 117 Å². The third kappa shape index (κ3) is 4.97. The molecule has 0 amide bonds. The Bertz CT molecular complexity index is 2460.